The van der Waals surface area contributed by atoms with Crippen LogP contribution >= 0.6 is 34.8 Å². The Morgan fingerprint density at radius 1 is 0.758 bits per heavy atom. The number of hydrogen-bond donors (Lipinski definition) is 0. The highest BCUT2D eigenvalue weighted by atomic mass is 35.5. The van der Waals surface area contributed by atoms with Crippen molar-refractivity contribution in [2.24, 2.45) is 0 Å². The van der Waals surface area contributed by atoms with E-state index < -0.39 is 15.7 Å². The standard InChI is InChI=1S/C22H15Cl3FN3O4/c23-15-6-3-14(11-18(15)26)27-19(12-1-4-16(24)21(9-12)28(30)31)7-8-20(27)13-2-5-17(25)22(10-13)29(32)33/h1-6,9-11,19-20H,7-8H2/t19-,20-/m1/s1. The van der Waals surface area contributed by atoms with Gasteiger partial charge >= 0.3 is 0 Å². The smallest absolute Gasteiger partial charge is 0.288 e. The van der Waals surface area contributed by atoms with Crippen LogP contribution in [0.1, 0.15) is 36.1 Å². The first-order chi connectivity index (χ1) is 15.7. The van der Waals surface area contributed by atoms with Gasteiger partial charge in [0.2, 0.25) is 0 Å². The van der Waals surface area contributed by atoms with Crippen molar-refractivity contribution in [1.29, 1.82) is 0 Å². The first-order valence-corrected chi connectivity index (χ1v) is 10.9. The molecule has 0 unspecified atom stereocenters. The molecule has 33 heavy (non-hydrogen) atoms. The van der Waals surface area contributed by atoms with Gasteiger partial charge in [-0.1, -0.05) is 46.9 Å². The van der Waals surface area contributed by atoms with E-state index in [4.69, 9.17) is 34.8 Å². The Morgan fingerprint density at radius 2 is 1.21 bits per heavy atom. The third-order valence-corrected chi connectivity index (χ3v) is 6.64. The Labute approximate surface area is 202 Å². The van der Waals surface area contributed by atoms with Gasteiger partial charge in [0.1, 0.15) is 15.9 Å². The number of nitrogens with zero attached hydrogens (tertiary/aromatic N) is 3. The van der Waals surface area contributed by atoms with Crippen LogP contribution in [0.4, 0.5) is 21.5 Å². The molecule has 3 aromatic rings. The van der Waals surface area contributed by atoms with E-state index in [9.17, 15) is 24.6 Å². The quantitative estimate of drug-likeness (QED) is 0.259. The Morgan fingerprint density at radius 3 is 1.64 bits per heavy atom. The van der Waals surface area contributed by atoms with Crippen LogP contribution in [0.15, 0.2) is 54.6 Å². The van der Waals surface area contributed by atoms with Crippen molar-refractivity contribution in [3.8, 4) is 0 Å². The van der Waals surface area contributed by atoms with Crippen molar-refractivity contribution < 1.29 is 14.2 Å². The van der Waals surface area contributed by atoms with Crippen molar-refractivity contribution in [3.63, 3.8) is 0 Å². The normalized spacial score (nSPS) is 17.9. The van der Waals surface area contributed by atoms with Crippen LogP contribution in [-0.2, 0) is 0 Å². The van der Waals surface area contributed by atoms with Crippen molar-refractivity contribution in [2.75, 3.05) is 4.90 Å². The number of halogens is 4. The molecule has 0 amide bonds. The van der Waals surface area contributed by atoms with Crippen molar-refractivity contribution in [1.82, 2.24) is 0 Å². The molecule has 0 saturated carbocycles. The highest BCUT2D eigenvalue weighted by Crippen LogP contribution is 2.48. The average Bonchev–Trinajstić information content (AvgIpc) is 3.21. The van der Waals surface area contributed by atoms with E-state index in [2.05, 4.69) is 0 Å². The van der Waals surface area contributed by atoms with Crippen molar-refractivity contribution in [3.05, 3.63) is 107 Å². The summed E-state index contributed by atoms with van der Waals surface area (Å²) < 4.78 is 14.4. The molecule has 0 spiro atoms. The second-order valence-electron chi connectivity index (χ2n) is 7.55. The summed E-state index contributed by atoms with van der Waals surface area (Å²) in [6, 6.07) is 12.7. The van der Waals surface area contributed by atoms with E-state index in [1.807, 2.05) is 4.90 Å². The lowest BCUT2D eigenvalue weighted by molar-refractivity contribution is -0.384. The van der Waals surface area contributed by atoms with E-state index in [1.54, 1.807) is 18.2 Å². The molecule has 0 radical (unpaired) electrons. The van der Waals surface area contributed by atoms with Crippen molar-refractivity contribution in [2.45, 2.75) is 24.9 Å². The largest absolute Gasteiger partial charge is 0.357 e. The maximum atomic E-state index is 14.4. The molecule has 1 fully saturated rings. The molecular weight excluding hydrogens is 496 g/mol. The zero-order chi connectivity index (χ0) is 23.9. The van der Waals surface area contributed by atoms with Gasteiger partial charge in [-0.15, -0.1) is 0 Å². The summed E-state index contributed by atoms with van der Waals surface area (Å²) in [5.41, 5.74) is 1.25. The number of anilines is 1. The minimum absolute atomic E-state index is 0.00992. The SMILES string of the molecule is O=[N+]([O-])c1cc([C@H]2CC[C@H](c3ccc(Cl)c([N+](=O)[O-])c3)N2c2ccc(Cl)c(F)c2)ccc1Cl. The molecule has 7 nitrogen and oxygen atoms in total. The van der Waals surface area contributed by atoms with E-state index in [1.165, 1.54) is 36.4 Å². The Hall–Kier alpha value is -2.94. The van der Waals surface area contributed by atoms with Crippen LogP contribution in [0.2, 0.25) is 15.1 Å². The summed E-state index contributed by atoms with van der Waals surface area (Å²) in [4.78, 5) is 23.6. The molecule has 1 aliphatic heterocycles. The summed E-state index contributed by atoms with van der Waals surface area (Å²) >= 11 is 17.8. The van der Waals surface area contributed by atoms with Crippen LogP contribution in [-0.4, -0.2) is 9.85 Å². The minimum atomic E-state index is -0.622. The average molecular weight is 511 g/mol. The second kappa shape index (κ2) is 9.13. The van der Waals surface area contributed by atoms with Crippen LogP contribution < -0.4 is 4.90 Å². The van der Waals surface area contributed by atoms with E-state index >= 15 is 0 Å². The number of nitro benzene ring substituents is 2. The molecule has 0 N–H and O–H groups in total. The monoisotopic (exact) mass is 509 g/mol. The Bertz CT molecular complexity index is 1200. The van der Waals surface area contributed by atoms with Gasteiger partial charge in [0.15, 0.2) is 0 Å². The fourth-order valence-corrected chi connectivity index (χ4v) is 4.72. The van der Waals surface area contributed by atoms with Gasteiger partial charge < -0.3 is 4.90 Å². The van der Waals surface area contributed by atoms with Gasteiger partial charge in [-0.05, 0) is 54.3 Å². The molecule has 1 heterocycles. The van der Waals surface area contributed by atoms with Crippen LogP contribution in [0, 0.1) is 26.0 Å². The molecule has 3 aromatic carbocycles. The highest BCUT2D eigenvalue weighted by molar-refractivity contribution is 6.33. The molecule has 4 rings (SSSR count). The number of nitro groups is 2. The topological polar surface area (TPSA) is 89.5 Å². The summed E-state index contributed by atoms with van der Waals surface area (Å²) in [6.07, 6.45) is 1.12. The lowest BCUT2D eigenvalue weighted by Gasteiger charge is -2.33. The van der Waals surface area contributed by atoms with Gasteiger partial charge in [-0.2, -0.15) is 0 Å². The lowest BCUT2D eigenvalue weighted by Crippen LogP contribution is -2.26. The zero-order valence-corrected chi connectivity index (χ0v) is 19.0. The Balaban J connectivity index is 1.84. The maximum Gasteiger partial charge on any atom is 0.288 e. The van der Waals surface area contributed by atoms with E-state index in [0.29, 0.717) is 29.7 Å². The molecule has 0 bridgehead atoms. The first kappa shape index (κ1) is 23.2. The number of rotatable bonds is 5. The first-order valence-electron chi connectivity index (χ1n) is 9.78. The summed E-state index contributed by atoms with van der Waals surface area (Å²) in [7, 11) is 0. The van der Waals surface area contributed by atoms with Gasteiger partial charge in [-0.3, -0.25) is 20.2 Å². The molecule has 1 saturated heterocycles. The second-order valence-corrected chi connectivity index (χ2v) is 8.77. The molecule has 0 aliphatic carbocycles. The van der Waals surface area contributed by atoms with E-state index in [-0.39, 0.29) is 38.5 Å². The fourth-order valence-electron chi connectivity index (χ4n) is 4.22. The van der Waals surface area contributed by atoms with Gasteiger partial charge in [0.05, 0.1) is 27.0 Å². The molecule has 11 heteroatoms. The van der Waals surface area contributed by atoms with Crippen LogP contribution in [0.5, 0.6) is 0 Å². The molecule has 0 aromatic heterocycles. The fraction of sp³-hybridized carbons (Fsp3) is 0.182. The summed E-state index contributed by atoms with van der Waals surface area (Å²) in [5, 5.41) is 22.8. The predicted octanol–water partition coefficient (Wildman–Crippen LogP) is 7.69. The lowest BCUT2D eigenvalue weighted by atomic mass is 10.0. The number of hydrogen-bond acceptors (Lipinski definition) is 5. The predicted molar refractivity (Wildman–Crippen MR) is 125 cm³/mol. The van der Waals surface area contributed by atoms with E-state index in [0.717, 1.165) is 0 Å². The molecule has 170 valence electrons. The maximum absolute atomic E-state index is 14.4. The zero-order valence-electron chi connectivity index (χ0n) is 16.8. The molecule has 1 aliphatic rings. The minimum Gasteiger partial charge on any atom is -0.357 e. The highest BCUT2D eigenvalue weighted by Gasteiger charge is 2.37. The third-order valence-electron chi connectivity index (χ3n) is 5.69. The van der Waals surface area contributed by atoms with Crippen LogP contribution in [0.25, 0.3) is 0 Å². The van der Waals surface area contributed by atoms with Gasteiger partial charge in [-0.25, -0.2) is 4.39 Å². The Kier molecular flexibility index (Phi) is 6.43. The molecule has 2 atom stereocenters. The summed E-state index contributed by atoms with van der Waals surface area (Å²) in [6.45, 7) is 0. The third kappa shape index (κ3) is 4.46. The summed E-state index contributed by atoms with van der Waals surface area (Å²) in [5.74, 6) is -0.622. The number of benzene rings is 3. The molecular formula is C22H15Cl3FN3O4. The van der Waals surface area contributed by atoms with Gasteiger partial charge in [0, 0.05) is 17.8 Å². The van der Waals surface area contributed by atoms with Gasteiger partial charge in [0.25, 0.3) is 11.4 Å². The van der Waals surface area contributed by atoms with Crippen LogP contribution in [0.3, 0.4) is 0 Å². The van der Waals surface area contributed by atoms with Crippen molar-refractivity contribution >= 4 is 51.9 Å².